The van der Waals surface area contributed by atoms with Crippen molar-refractivity contribution < 1.29 is 23.1 Å². The predicted molar refractivity (Wildman–Crippen MR) is 70.7 cm³/mol. The number of carboxylic acids is 1. The van der Waals surface area contributed by atoms with Crippen LogP contribution < -0.4 is 0 Å². The van der Waals surface area contributed by atoms with Gasteiger partial charge in [0.25, 0.3) is 0 Å². The molecule has 3 aliphatic rings. The summed E-state index contributed by atoms with van der Waals surface area (Å²) in [6.07, 6.45) is 3.25. The van der Waals surface area contributed by atoms with Crippen molar-refractivity contribution in [1.82, 2.24) is 4.90 Å². The fourth-order valence-electron chi connectivity index (χ4n) is 3.70. The molecule has 1 aliphatic heterocycles. The van der Waals surface area contributed by atoms with Crippen LogP contribution in [0.1, 0.15) is 25.7 Å². The number of sulfone groups is 1. The van der Waals surface area contributed by atoms with Crippen molar-refractivity contribution in [2.75, 3.05) is 18.1 Å². The van der Waals surface area contributed by atoms with Crippen LogP contribution in [-0.2, 0) is 19.4 Å². The third-order valence-electron chi connectivity index (χ3n) is 4.83. The van der Waals surface area contributed by atoms with Crippen LogP contribution in [0, 0.1) is 17.8 Å². The molecule has 112 valence electrons. The molecule has 7 heteroatoms. The highest BCUT2D eigenvalue weighted by atomic mass is 32.2. The van der Waals surface area contributed by atoms with E-state index in [4.69, 9.17) is 5.11 Å². The van der Waals surface area contributed by atoms with E-state index in [0.29, 0.717) is 18.3 Å². The first-order valence-electron chi connectivity index (χ1n) is 7.08. The second kappa shape index (κ2) is 4.72. The molecule has 2 saturated carbocycles. The van der Waals surface area contributed by atoms with Gasteiger partial charge in [0.05, 0.1) is 11.5 Å². The third-order valence-corrected chi connectivity index (χ3v) is 6.58. The number of nitrogens with zero attached hydrogens (tertiary/aromatic N) is 1. The Morgan fingerprint density at radius 1 is 1.15 bits per heavy atom. The minimum absolute atomic E-state index is 0.0526. The lowest BCUT2D eigenvalue weighted by molar-refractivity contribution is -0.148. The topological polar surface area (TPSA) is 91.8 Å². The average Bonchev–Trinajstić information content (AvgIpc) is 2.80. The fraction of sp³-hybridized carbons (Fsp3) is 0.846. The van der Waals surface area contributed by atoms with Crippen molar-refractivity contribution >= 4 is 21.7 Å². The smallest absolute Gasteiger partial charge is 0.323 e. The summed E-state index contributed by atoms with van der Waals surface area (Å²) in [5.41, 5.74) is 0. The summed E-state index contributed by atoms with van der Waals surface area (Å²) >= 11 is 0. The number of amides is 1. The van der Waals surface area contributed by atoms with Gasteiger partial charge < -0.3 is 10.0 Å². The normalized spacial score (nSPS) is 37.4. The molecule has 6 nitrogen and oxygen atoms in total. The minimum atomic E-state index is -3.12. The van der Waals surface area contributed by atoms with Gasteiger partial charge in [-0.05, 0) is 37.5 Å². The first-order chi connectivity index (χ1) is 9.35. The first kappa shape index (κ1) is 13.9. The number of fused-ring (bicyclic) bond motifs is 1. The van der Waals surface area contributed by atoms with Crippen LogP contribution in [-0.4, -0.2) is 54.4 Å². The lowest BCUT2D eigenvalue weighted by atomic mass is 10.0. The van der Waals surface area contributed by atoms with Gasteiger partial charge in [-0.3, -0.25) is 9.59 Å². The quantitative estimate of drug-likeness (QED) is 0.797. The molecule has 0 bridgehead atoms. The Morgan fingerprint density at radius 2 is 1.80 bits per heavy atom. The molecule has 0 aromatic rings. The number of carbonyl (C=O) groups excluding carboxylic acids is 1. The molecule has 20 heavy (non-hydrogen) atoms. The molecular formula is C13H19NO5S. The molecule has 3 atom stereocenters. The summed E-state index contributed by atoms with van der Waals surface area (Å²) < 4.78 is 23.1. The Bertz CT molecular complexity index is 533. The summed E-state index contributed by atoms with van der Waals surface area (Å²) in [6.45, 7) is -0.384. The van der Waals surface area contributed by atoms with E-state index in [1.54, 1.807) is 0 Å². The lowest BCUT2D eigenvalue weighted by Gasteiger charge is -2.29. The van der Waals surface area contributed by atoms with Gasteiger partial charge in [-0.2, -0.15) is 0 Å². The van der Waals surface area contributed by atoms with Gasteiger partial charge in [-0.1, -0.05) is 0 Å². The Morgan fingerprint density at radius 3 is 2.30 bits per heavy atom. The summed E-state index contributed by atoms with van der Waals surface area (Å²) in [6, 6.07) is -0.458. The molecule has 3 fully saturated rings. The number of hydrogen-bond donors (Lipinski definition) is 1. The highest BCUT2D eigenvalue weighted by Gasteiger charge is 2.50. The van der Waals surface area contributed by atoms with Crippen LogP contribution in [0.15, 0.2) is 0 Å². The monoisotopic (exact) mass is 301 g/mol. The van der Waals surface area contributed by atoms with Gasteiger partial charge in [0, 0.05) is 12.0 Å². The average molecular weight is 301 g/mol. The van der Waals surface area contributed by atoms with Crippen LogP contribution in [0.3, 0.4) is 0 Å². The maximum Gasteiger partial charge on any atom is 0.323 e. The zero-order valence-electron chi connectivity index (χ0n) is 11.2. The number of carboxylic acid groups (broad SMARTS) is 1. The van der Waals surface area contributed by atoms with E-state index in [1.807, 2.05) is 0 Å². The fourth-order valence-corrected chi connectivity index (χ4v) is 5.44. The van der Waals surface area contributed by atoms with Gasteiger partial charge in [0.15, 0.2) is 9.84 Å². The molecule has 0 radical (unpaired) electrons. The van der Waals surface area contributed by atoms with Crippen molar-refractivity contribution in [2.45, 2.75) is 31.7 Å². The summed E-state index contributed by atoms with van der Waals surface area (Å²) in [4.78, 5) is 24.8. The van der Waals surface area contributed by atoms with Crippen LogP contribution in [0.4, 0.5) is 0 Å². The van der Waals surface area contributed by atoms with Gasteiger partial charge in [-0.25, -0.2) is 8.42 Å². The van der Waals surface area contributed by atoms with E-state index < -0.39 is 21.8 Å². The van der Waals surface area contributed by atoms with Crippen LogP contribution in [0.2, 0.25) is 0 Å². The number of carbonyl (C=O) groups is 2. The summed E-state index contributed by atoms with van der Waals surface area (Å²) in [5.74, 6) is -0.0810. The molecule has 1 amide bonds. The summed E-state index contributed by atoms with van der Waals surface area (Å²) in [7, 11) is -3.12. The minimum Gasteiger partial charge on any atom is -0.480 e. The van der Waals surface area contributed by atoms with Crippen LogP contribution in [0.25, 0.3) is 0 Å². The van der Waals surface area contributed by atoms with E-state index in [2.05, 4.69) is 0 Å². The largest absolute Gasteiger partial charge is 0.480 e. The SMILES string of the molecule is O=C(O)CN(C(=O)C1CC2CC2C1)C1CCS(=O)(=O)C1. The van der Waals surface area contributed by atoms with Crippen molar-refractivity contribution in [3.8, 4) is 0 Å². The van der Waals surface area contributed by atoms with E-state index in [1.165, 1.54) is 11.3 Å². The molecule has 0 spiro atoms. The predicted octanol–water partition coefficient (Wildman–Crippen LogP) is 0.133. The zero-order valence-corrected chi connectivity index (χ0v) is 12.0. The molecule has 1 saturated heterocycles. The Labute approximate surface area is 118 Å². The van der Waals surface area contributed by atoms with Crippen LogP contribution >= 0.6 is 0 Å². The van der Waals surface area contributed by atoms with Gasteiger partial charge in [0.2, 0.25) is 5.91 Å². The lowest BCUT2D eigenvalue weighted by Crippen LogP contribution is -2.46. The van der Waals surface area contributed by atoms with E-state index in [0.717, 1.165) is 12.8 Å². The summed E-state index contributed by atoms with van der Waals surface area (Å²) in [5, 5.41) is 8.98. The molecule has 2 aliphatic carbocycles. The van der Waals surface area contributed by atoms with Gasteiger partial charge in [0.1, 0.15) is 6.54 Å². The van der Waals surface area contributed by atoms with E-state index in [-0.39, 0.29) is 29.9 Å². The van der Waals surface area contributed by atoms with E-state index in [9.17, 15) is 18.0 Å². The maximum absolute atomic E-state index is 12.5. The second-order valence-corrected chi connectivity index (χ2v) is 8.57. The number of rotatable bonds is 4. The third kappa shape index (κ3) is 2.68. The van der Waals surface area contributed by atoms with Crippen LogP contribution in [0.5, 0.6) is 0 Å². The molecule has 3 unspecified atom stereocenters. The Hall–Kier alpha value is -1.11. The van der Waals surface area contributed by atoms with Crippen molar-refractivity contribution in [3.05, 3.63) is 0 Å². The molecule has 0 aromatic heterocycles. The number of aliphatic carboxylic acids is 1. The standard InChI is InChI=1S/C13H19NO5S/c15-12(16)6-14(11-1-2-20(18,19)7-11)13(17)10-4-8-3-9(8)5-10/h8-11H,1-7H2,(H,15,16). The Kier molecular flexibility index (Phi) is 3.27. The van der Waals surface area contributed by atoms with Gasteiger partial charge >= 0.3 is 5.97 Å². The number of hydrogen-bond acceptors (Lipinski definition) is 4. The van der Waals surface area contributed by atoms with Crippen molar-refractivity contribution in [3.63, 3.8) is 0 Å². The second-order valence-electron chi connectivity index (χ2n) is 6.34. The Balaban J connectivity index is 1.72. The van der Waals surface area contributed by atoms with Gasteiger partial charge in [-0.15, -0.1) is 0 Å². The first-order valence-corrected chi connectivity index (χ1v) is 8.90. The zero-order chi connectivity index (χ0) is 14.5. The molecule has 3 rings (SSSR count). The molecule has 1 N–H and O–H groups in total. The van der Waals surface area contributed by atoms with E-state index >= 15 is 0 Å². The maximum atomic E-state index is 12.5. The molecular weight excluding hydrogens is 282 g/mol. The van der Waals surface area contributed by atoms with Crippen molar-refractivity contribution in [1.29, 1.82) is 0 Å². The van der Waals surface area contributed by atoms with Crippen molar-refractivity contribution in [2.24, 2.45) is 17.8 Å². The molecule has 1 heterocycles. The highest BCUT2D eigenvalue weighted by molar-refractivity contribution is 7.91. The highest BCUT2D eigenvalue weighted by Crippen LogP contribution is 2.54. The molecule has 0 aromatic carbocycles.